The Morgan fingerprint density at radius 2 is 2.04 bits per heavy atom. The van der Waals surface area contributed by atoms with E-state index in [-0.39, 0.29) is 11.3 Å². The number of aromatic amines is 1. The molecule has 0 bridgehead atoms. The molecule has 0 saturated heterocycles. The lowest BCUT2D eigenvalue weighted by Gasteiger charge is -2.10. The Balaban J connectivity index is 1.81. The van der Waals surface area contributed by atoms with Crippen LogP contribution >= 0.6 is 34.7 Å². The summed E-state index contributed by atoms with van der Waals surface area (Å²) in [5.74, 6) is -0.651. The van der Waals surface area contributed by atoms with Gasteiger partial charge in [0.05, 0.1) is 16.0 Å². The van der Waals surface area contributed by atoms with Crippen molar-refractivity contribution in [1.29, 1.82) is 0 Å². The summed E-state index contributed by atoms with van der Waals surface area (Å²) in [4.78, 5) is 34.0. The fourth-order valence-corrected chi connectivity index (χ4v) is 5.43. The number of aryl methyl sites for hydroxylation is 2. The number of nitrogens with zero attached hydrogens (tertiary/aromatic N) is 1. The number of thioether (sulfide) groups is 1. The van der Waals surface area contributed by atoms with Crippen molar-refractivity contribution in [3.05, 3.63) is 61.5 Å². The first-order valence-electron chi connectivity index (χ1n) is 8.88. The van der Waals surface area contributed by atoms with Gasteiger partial charge < -0.3 is 10.1 Å². The molecule has 1 aliphatic carbocycles. The van der Waals surface area contributed by atoms with Crippen LogP contribution in [-0.4, -0.2) is 26.8 Å². The number of H-pyrrole nitrogens is 1. The second kappa shape index (κ2) is 8.11. The van der Waals surface area contributed by atoms with Crippen molar-refractivity contribution in [3.8, 4) is 0 Å². The number of carbonyl (C=O) groups is 1. The number of carboxylic acid groups (broad SMARTS) is 1. The number of rotatable bonds is 5. The molecule has 2 aromatic heterocycles. The summed E-state index contributed by atoms with van der Waals surface area (Å²) >= 11 is 8.65. The summed E-state index contributed by atoms with van der Waals surface area (Å²) in [7, 11) is 0. The van der Waals surface area contributed by atoms with Gasteiger partial charge in [-0.1, -0.05) is 23.7 Å². The first-order valence-corrected chi connectivity index (χ1v) is 11.1. The van der Waals surface area contributed by atoms with E-state index >= 15 is 0 Å². The molecule has 0 fully saturated rings. The number of aliphatic carboxylic acids is 1. The summed E-state index contributed by atoms with van der Waals surface area (Å²) in [6.45, 7) is 0. The lowest BCUT2D eigenvalue weighted by atomic mass is 9.97. The molecule has 0 radical (unpaired) electrons. The van der Waals surface area contributed by atoms with Gasteiger partial charge in [-0.05, 0) is 55.0 Å². The SMILES string of the molecule is O=C(O)CS/C(=C/c1ccc(Cl)cc1)c1nc2sc3c(c2c(=O)[nH]1)CCCC3. The third-order valence-corrected chi connectivity index (χ3v) is 7.03. The number of nitrogens with one attached hydrogen (secondary N) is 1. The predicted octanol–water partition coefficient (Wildman–Crippen LogP) is 4.83. The zero-order chi connectivity index (χ0) is 19.7. The maximum atomic E-state index is 12.8. The number of hydrogen-bond donors (Lipinski definition) is 2. The number of fused-ring (bicyclic) bond motifs is 3. The molecule has 0 saturated carbocycles. The monoisotopic (exact) mass is 432 g/mol. The zero-order valence-electron chi connectivity index (χ0n) is 14.8. The minimum absolute atomic E-state index is 0.123. The van der Waals surface area contributed by atoms with Gasteiger partial charge in [0.1, 0.15) is 10.7 Å². The van der Waals surface area contributed by atoms with Crippen molar-refractivity contribution in [1.82, 2.24) is 9.97 Å². The van der Waals surface area contributed by atoms with Gasteiger partial charge in [0.2, 0.25) is 0 Å². The Hall–Kier alpha value is -2.09. The summed E-state index contributed by atoms with van der Waals surface area (Å²) in [5.41, 5.74) is 1.83. The molecular formula is C20H17ClN2O3S2. The van der Waals surface area contributed by atoms with E-state index in [1.807, 2.05) is 18.2 Å². The molecular weight excluding hydrogens is 416 g/mol. The van der Waals surface area contributed by atoms with E-state index in [0.717, 1.165) is 53.4 Å². The van der Waals surface area contributed by atoms with Crippen molar-refractivity contribution >= 4 is 61.9 Å². The van der Waals surface area contributed by atoms with Crippen LogP contribution in [0.5, 0.6) is 0 Å². The van der Waals surface area contributed by atoms with E-state index < -0.39 is 5.97 Å². The first-order chi connectivity index (χ1) is 13.5. The highest BCUT2D eigenvalue weighted by molar-refractivity contribution is 8.09. The summed E-state index contributed by atoms with van der Waals surface area (Å²) in [6, 6.07) is 7.20. The number of hydrogen-bond acceptors (Lipinski definition) is 5. The van der Waals surface area contributed by atoms with Gasteiger partial charge in [0.15, 0.2) is 0 Å². The molecule has 5 nitrogen and oxygen atoms in total. The molecule has 0 amide bonds. The minimum atomic E-state index is -0.929. The summed E-state index contributed by atoms with van der Waals surface area (Å²) < 4.78 is 0. The molecule has 8 heteroatoms. The van der Waals surface area contributed by atoms with Gasteiger partial charge in [-0.25, -0.2) is 4.98 Å². The Morgan fingerprint density at radius 3 is 2.79 bits per heavy atom. The molecule has 0 spiro atoms. The van der Waals surface area contributed by atoms with Crippen molar-refractivity contribution in [2.24, 2.45) is 0 Å². The lowest BCUT2D eigenvalue weighted by Crippen LogP contribution is -2.12. The Labute approximate surface area is 174 Å². The molecule has 1 aromatic carbocycles. The fourth-order valence-electron chi connectivity index (χ4n) is 3.31. The highest BCUT2D eigenvalue weighted by atomic mass is 35.5. The second-order valence-electron chi connectivity index (χ2n) is 6.55. The Kier molecular flexibility index (Phi) is 5.57. The molecule has 1 aliphatic rings. The van der Waals surface area contributed by atoms with Crippen LogP contribution in [0.25, 0.3) is 21.2 Å². The molecule has 144 valence electrons. The molecule has 0 unspecified atom stereocenters. The number of benzene rings is 1. The predicted molar refractivity (Wildman–Crippen MR) is 116 cm³/mol. The highest BCUT2D eigenvalue weighted by Gasteiger charge is 2.20. The largest absolute Gasteiger partial charge is 0.481 e. The molecule has 2 N–H and O–H groups in total. The van der Waals surface area contributed by atoms with Crippen LogP contribution in [0, 0.1) is 0 Å². The smallest absolute Gasteiger partial charge is 0.313 e. The molecule has 0 aliphatic heterocycles. The molecule has 0 atom stereocenters. The van der Waals surface area contributed by atoms with E-state index in [0.29, 0.717) is 21.1 Å². The third-order valence-electron chi connectivity index (χ3n) is 4.58. The minimum Gasteiger partial charge on any atom is -0.481 e. The van der Waals surface area contributed by atoms with Gasteiger partial charge in [-0.2, -0.15) is 0 Å². The van der Waals surface area contributed by atoms with Crippen LogP contribution in [0.1, 0.15) is 34.7 Å². The number of aromatic nitrogens is 2. The van der Waals surface area contributed by atoms with E-state index in [4.69, 9.17) is 16.7 Å². The van der Waals surface area contributed by atoms with Gasteiger partial charge in [0, 0.05) is 9.90 Å². The number of halogens is 1. The topological polar surface area (TPSA) is 83.0 Å². The molecule has 3 aromatic rings. The first kappa shape index (κ1) is 19.2. The molecule has 2 heterocycles. The highest BCUT2D eigenvalue weighted by Crippen LogP contribution is 2.35. The third kappa shape index (κ3) is 4.01. The molecule has 28 heavy (non-hydrogen) atoms. The van der Waals surface area contributed by atoms with Crippen LogP contribution < -0.4 is 5.56 Å². The van der Waals surface area contributed by atoms with E-state index in [9.17, 15) is 9.59 Å². The quantitative estimate of drug-likeness (QED) is 0.603. The lowest BCUT2D eigenvalue weighted by molar-refractivity contribution is -0.133. The van der Waals surface area contributed by atoms with Crippen LogP contribution in [0.15, 0.2) is 29.1 Å². The van der Waals surface area contributed by atoms with Crippen molar-refractivity contribution in [3.63, 3.8) is 0 Å². The van der Waals surface area contributed by atoms with Crippen molar-refractivity contribution in [2.75, 3.05) is 5.75 Å². The maximum Gasteiger partial charge on any atom is 0.313 e. The number of thiophene rings is 1. The summed E-state index contributed by atoms with van der Waals surface area (Å²) in [6.07, 6.45) is 5.96. The summed E-state index contributed by atoms with van der Waals surface area (Å²) in [5, 5.41) is 10.4. The van der Waals surface area contributed by atoms with Crippen LogP contribution in [0.3, 0.4) is 0 Å². The van der Waals surface area contributed by atoms with E-state index in [1.54, 1.807) is 23.5 Å². The second-order valence-corrected chi connectivity index (χ2v) is 9.09. The van der Waals surface area contributed by atoms with Crippen molar-refractivity contribution in [2.45, 2.75) is 25.7 Å². The van der Waals surface area contributed by atoms with E-state index in [2.05, 4.69) is 9.97 Å². The van der Waals surface area contributed by atoms with E-state index in [1.165, 1.54) is 4.88 Å². The maximum absolute atomic E-state index is 12.8. The van der Waals surface area contributed by atoms with Crippen LogP contribution in [0.2, 0.25) is 5.02 Å². The van der Waals surface area contributed by atoms with Gasteiger partial charge in [0.25, 0.3) is 5.56 Å². The average Bonchev–Trinajstić information content (AvgIpc) is 3.05. The Morgan fingerprint density at radius 1 is 1.29 bits per heavy atom. The number of carboxylic acids is 1. The standard InChI is InChI=1S/C20H17ClN2O3S2/c21-12-7-5-11(6-8-12)9-15(27-10-16(24)25)18-22-19(26)17-13-3-1-2-4-14(13)28-20(17)23-18/h5-9H,1-4,10H2,(H,24,25)(H,22,23,26)/b15-9+. The van der Waals surface area contributed by atoms with Crippen LogP contribution in [0.4, 0.5) is 0 Å². The van der Waals surface area contributed by atoms with Crippen molar-refractivity contribution < 1.29 is 9.90 Å². The van der Waals surface area contributed by atoms with Crippen LogP contribution in [-0.2, 0) is 17.6 Å². The zero-order valence-corrected chi connectivity index (χ0v) is 17.2. The fraction of sp³-hybridized carbons (Fsp3) is 0.250. The Bertz CT molecular complexity index is 1130. The average molecular weight is 433 g/mol. The normalized spacial score (nSPS) is 14.2. The van der Waals surface area contributed by atoms with Gasteiger partial charge >= 0.3 is 5.97 Å². The molecule has 4 rings (SSSR count). The van der Waals surface area contributed by atoms with Gasteiger partial charge in [-0.3, -0.25) is 9.59 Å². The van der Waals surface area contributed by atoms with Gasteiger partial charge in [-0.15, -0.1) is 23.1 Å².